The number of nitrogens with one attached hydrogen (secondary N) is 1. The van der Waals surface area contributed by atoms with Crippen molar-refractivity contribution in [2.24, 2.45) is 11.7 Å². The van der Waals surface area contributed by atoms with Gasteiger partial charge in [0.15, 0.2) is 0 Å². The van der Waals surface area contributed by atoms with E-state index in [1.165, 1.54) is 4.90 Å². The van der Waals surface area contributed by atoms with E-state index >= 15 is 0 Å². The average Bonchev–Trinajstić information content (AvgIpc) is 2.86. The van der Waals surface area contributed by atoms with Gasteiger partial charge in [-0.1, -0.05) is 0 Å². The van der Waals surface area contributed by atoms with Crippen molar-refractivity contribution < 1.29 is 9.59 Å². The first-order valence-electron chi connectivity index (χ1n) is 4.54. The second-order valence-electron chi connectivity index (χ2n) is 3.60. The standard InChI is InChI=1S/C8H13N3O2/c9-8(13)11-4-3-10-7(12)6(11)5-1-2-5/h5-6H,1-4H2,(H2,9,13)(H,10,12)/t6-/m1/s1. The highest BCUT2D eigenvalue weighted by Crippen LogP contribution is 2.36. The molecule has 0 aromatic carbocycles. The van der Waals surface area contributed by atoms with Crippen LogP contribution >= 0.6 is 0 Å². The molecule has 1 aliphatic heterocycles. The smallest absolute Gasteiger partial charge is 0.315 e. The maximum atomic E-state index is 11.4. The monoisotopic (exact) mass is 183 g/mol. The maximum absolute atomic E-state index is 11.4. The van der Waals surface area contributed by atoms with E-state index < -0.39 is 6.03 Å². The minimum Gasteiger partial charge on any atom is -0.353 e. The zero-order chi connectivity index (χ0) is 9.42. The number of amides is 3. The van der Waals surface area contributed by atoms with E-state index in [4.69, 9.17) is 5.73 Å². The van der Waals surface area contributed by atoms with E-state index in [0.29, 0.717) is 19.0 Å². The van der Waals surface area contributed by atoms with Crippen LogP contribution in [0.25, 0.3) is 0 Å². The van der Waals surface area contributed by atoms with Gasteiger partial charge >= 0.3 is 6.03 Å². The summed E-state index contributed by atoms with van der Waals surface area (Å²) in [5.41, 5.74) is 5.19. The van der Waals surface area contributed by atoms with Crippen molar-refractivity contribution >= 4 is 11.9 Å². The molecule has 72 valence electrons. The Morgan fingerprint density at radius 1 is 1.54 bits per heavy atom. The highest BCUT2D eigenvalue weighted by atomic mass is 16.2. The lowest BCUT2D eigenvalue weighted by atomic mass is 10.1. The third-order valence-electron chi connectivity index (χ3n) is 2.61. The predicted molar refractivity (Wildman–Crippen MR) is 45.8 cm³/mol. The number of piperazine rings is 1. The van der Waals surface area contributed by atoms with Crippen molar-refractivity contribution in [1.29, 1.82) is 0 Å². The molecule has 13 heavy (non-hydrogen) atoms. The minimum absolute atomic E-state index is 0.0486. The fourth-order valence-electron chi connectivity index (χ4n) is 1.81. The highest BCUT2D eigenvalue weighted by molar-refractivity contribution is 5.88. The first-order chi connectivity index (χ1) is 6.20. The van der Waals surface area contributed by atoms with Gasteiger partial charge in [-0.25, -0.2) is 4.79 Å². The van der Waals surface area contributed by atoms with Crippen molar-refractivity contribution in [3.8, 4) is 0 Å². The maximum Gasteiger partial charge on any atom is 0.315 e. The molecule has 5 heteroatoms. The molecule has 2 rings (SSSR count). The van der Waals surface area contributed by atoms with Gasteiger partial charge in [0, 0.05) is 13.1 Å². The molecule has 1 aliphatic carbocycles. The molecule has 0 unspecified atom stereocenters. The van der Waals surface area contributed by atoms with Gasteiger partial charge in [0.05, 0.1) is 0 Å². The Morgan fingerprint density at radius 2 is 2.23 bits per heavy atom. The topological polar surface area (TPSA) is 75.4 Å². The molecule has 0 spiro atoms. The fraction of sp³-hybridized carbons (Fsp3) is 0.750. The second kappa shape index (κ2) is 2.90. The van der Waals surface area contributed by atoms with Gasteiger partial charge in [0.2, 0.25) is 5.91 Å². The first kappa shape index (κ1) is 8.34. The van der Waals surface area contributed by atoms with Crippen LogP contribution in [0.2, 0.25) is 0 Å². The van der Waals surface area contributed by atoms with Gasteiger partial charge in [-0.2, -0.15) is 0 Å². The highest BCUT2D eigenvalue weighted by Gasteiger charge is 2.43. The van der Waals surface area contributed by atoms with Crippen LogP contribution in [0.3, 0.4) is 0 Å². The SMILES string of the molecule is NC(=O)N1CCNC(=O)[C@H]1C1CC1. The summed E-state index contributed by atoms with van der Waals surface area (Å²) in [5, 5.41) is 2.75. The Balaban J connectivity index is 2.13. The molecule has 5 nitrogen and oxygen atoms in total. The molecule has 0 bridgehead atoms. The quantitative estimate of drug-likeness (QED) is 0.562. The molecular formula is C8H13N3O2. The Kier molecular flexibility index (Phi) is 1.86. The molecule has 0 aromatic rings. The number of nitrogens with zero attached hydrogens (tertiary/aromatic N) is 1. The summed E-state index contributed by atoms with van der Waals surface area (Å²) in [7, 11) is 0. The number of rotatable bonds is 1. The average molecular weight is 183 g/mol. The van der Waals surface area contributed by atoms with Crippen molar-refractivity contribution in [3.05, 3.63) is 0 Å². The number of carbonyl (C=O) groups excluding carboxylic acids is 2. The van der Waals surface area contributed by atoms with Crippen molar-refractivity contribution in [1.82, 2.24) is 10.2 Å². The van der Waals surface area contributed by atoms with Gasteiger partial charge in [0.25, 0.3) is 0 Å². The van der Waals surface area contributed by atoms with Gasteiger partial charge in [-0.15, -0.1) is 0 Å². The van der Waals surface area contributed by atoms with E-state index in [2.05, 4.69) is 5.32 Å². The zero-order valence-corrected chi connectivity index (χ0v) is 7.32. The molecule has 3 amide bonds. The largest absolute Gasteiger partial charge is 0.353 e. The summed E-state index contributed by atoms with van der Waals surface area (Å²) in [5.74, 6) is 0.292. The summed E-state index contributed by atoms with van der Waals surface area (Å²) in [4.78, 5) is 23.9. The lowest BCUT2D eigenvalue weighted by molar-refractivity contribution is -0.128. The van der Waals surface area contributed by atoms with Crippen LogP contribution in [0.5, 0.6) is 0 Å². The molecule has 3 N–H and O–H groups in total. The second-order valence-corrected chi connectivity index (χ2v) is 3.60. The molecular weight excluding hydrogens is 170 g/mol. The van der Waals surface area contributed by atoms with E-state index in [0.717, 1.165) is 12.8 Å². The zero-order valence-electron chi connectivity index (χ0n) is 7.32. The van der Waals surface area contributed by atoms with Crippen LogP contribution in [0.1, 0.15) is 12.8 Å². The lowest BCUT2D eigenvalue weighted by Gasteiger charge is -2.33. The van der Waals surface area contributed by atoms with Crippen LogP contribution in [-0.4, -0.2) is 36.0 Å². The van der Waals surface area contributed by atoms with Crippen LogP contribution < -0.4 is 11.1 Å². The third-order valence-corrected chi connectivity index (χ3v) is 2.61. The number of nitrogens with two attached hydrogens (primary N) is 1. The van der Waals surface area contributed by atoms with E-state index in [-0.39, 0.29) is 11.9 Å². The normalized spacial score (nSPS) is 28.5. The molecule has 1 saturated heterocycles. The molecule has 1 heterocycles. The summed E-state index contributed by atoms with van der Waals surface area (Å²) in [6.07, 6.45) is 2.06. The summed E-state index contributed by atoms with van der Waals surface area (Å²) < 4.78 is 0. The Bertz CT molecular complexity index is 250. The fourth-order valence-corrected chi connectivity index (χ4v) is 1.81. The molecule has 0 aromatic heterocycles. The van der Waals surface area contributed by atoms with Gasteiger partial charge < -0.3 is 16.0 Å². The van der Waals surface area contributed by atoms with Crippen LogP contribution in [0.15, 0.2) is 0 Å². The number of carbonyl (C=O) groups is 2. The van der Waals surface area contributed by atoms with Crippen molar-refractivity contribution in [2.75, 3.05) is 13.1 Å². The van der Waals surface area contributed by atoms with Gasteiger partial charge in [-0.05, 0) is 18.8 Å². The van der Waals surface area contributed by atoms with Gasteiger partial charge in [-0.3, -0.25) is 4.79 Å². The summed E-state index contributed by atoms with van der Waals surface area (Å²) in [6, 6.07) is -0.780. The van der Waals surface area contributed by atoms with E-state index in [9.17, 15) is 9.59 Å². The molecule has 1 saturated carbocycles. The molecule has 2 fully saturated rings. The van der Waals surface area contributed by atoms with Crippen LogP contribution in [0.4, 0.5) is 4.79 Å². The number of primary amides is 1. The summed E-state index contributed by atoms with van der Waals surface area (Å²) in [6.45, 7) is 1.06. The van der Waals surface area contributed by atoms with Gasteiger partial charge in [0.1, 0.15) is 6.04 Å². The lowest BCUT2D eigenvalue weighted by Crippen LogP contribution is -2.59. The van der Waals surface area contributed by atoms with E-state index in [1.807, 2.05) is 0 Å². The molecule has 1 atom stereocenters. The summed E-state index contributed by atoms with van der Waals surface area (Å²) >= 11 is 0. The Morgan fingerprint density at radius 3 is 2.77 bits per heavy atom. The van der Waals surface area contributed by atoms with Crippen LogP contribution in [0, 0.1) is 5.92 Å². The Hall–Kier alpha value is -1.26. The molecule has 2 aliphatic rings. The third kappa shape index (κ3) is 1.46. The van der Waals surface area contributed by atoms with E-state index in [1.54, 1.807) is 0 Å². The first-order valence-corrected chi connectivity index (χ1v) is 4.54. The number of hydrogen-bond donors (Lipinski definition) is 2. The van der Waals surface area contributed by atoms with Crippen molar-refractivity contribution in [3.63, 3.8) is 0 Å². The number of urea groups is 1. The number of hydrogen-bond acceptors (Lipinski definition) is 2. The Labute approximate surface area is 76.3 Å². The minimum atomic E-state index is -0.480. The van der Waals surface area contributed by atoms with Crippen LogP contribution in [-0.2, 0) is 4.79 Å². The van der Waals surface area contributed by atoms with Crippen molar-refractivity contribution in [2.45, 2.75) is 18.9 Å². The predicted octanol–water partition coefficient (Wildman–Crippen LogP) is -0.725. The molecule has 0 radical (unpaired) electrons.